The van der Waals surface area contributed by atoms with Crippen LogP contribution >= 0.6 is 0 Å². The maximum atomic E-state index is 13.1. The van der Waals surface area contributed by atoms with Crippen LogP contribution in [0.2, 0.25) is 0 Å². The Morgan fingerprint density at radius 2 is 1.38 bits per heavy atom. The summed E-state index contributed by atoms with van der Waals surface area (Å²) in [5, 5.41) is 0. The Bertz CT molecular complexity index is 855. The molecule has 24 heavy (non-hydrogen) atoms. The van der Waals surface area contributed by atoms with Gasteiger partial charge in [0.15, 0.2) is 0 Å². The van der Waals surface area contributed by atoms with Crippen LogP contribution in [0, 0.1) is 0 Å². The maximum Gasteiger partial charge on any atom is 0.215 e. The lowest BCUT2D eigenvalue weighted by atomic mass is 9.99. The molecule has 0 saturated carbocycles. The van der Waals surface area contributed by atoms with Crippen LogP contribution in [0.15, 0.2) is 89.9 Å². The minimum absolute atomic E-state index is 0.164. The summed E-state index contributed by atoms with van der Waals surface area (Å²) in [7, 11) is 1.56. The lowest BCUT2D eigenvalue weighted by Gasteiger charge is -2.10. The molecule has 0 fully saturated rings. The number of benzene rings is 3. The van der Waals surface area contributed by atoms with Gasteiger partial charge in [0.25, 0.3) is 0 Å². The van der Waals surface area contributed by atoms with Gasteiger partial charge in [-0.1, -0.05) is 60.7 Å². The Hall–Kier alpha value is -3.20. The summed E-state index contributed by atoms with van der Waals surface area (Å²) in [5.74, 6) is 0.377. The second kappa shape index (κ2) is 7.38. The van der Waals surface area contributed by atoms with Gasteiger partial charge in [-0.25, -0.2) is 4.99 Å². The average Bonchev–Trinajstić information content (AvgIpc) is 2.67. The second-order valence-corrected chi connectivity index (χ2v) is 5.19. The number of hydrogen-bond donors (Lipinski definition) is 0. The molecule has 0 radical (unpaired) electrons. The minimum atomic E-state index is -0.164. The molecule has 118 valence electrons. The first kappa shape index (κ1) is 15.7. The van der Waals surface area contributed by atoms with Gasteiger partial charge in [0.05, 0.1) is 18.4 Å². The lowest BCUT2D eigenvalue weighted by Crippen LogP contribution is -2.16. The van der Waals surface area contributed by atoms with E-state index in [1.165, 1.54) is 0 Å². The van der Waals surface area contributed by atoms with E-state index in [4.69, 9.17) is 4.74 Å². The molecule has 0 aromatic heterocycles. The lowest BCUT2D eigenvalue weighted by molar-refractivity contribution is 0.106. The fraction of sp³-hybridized carbons (Fsp3) is 0.0476. The van der Waals surface area contributed by atoms with Crippen molar-refractivity contribution >= 4 is 17.2 Å². The highest BCUT2D eigenvalue weighted by atomic mass is 16.5. The number of carbonyl (C=O) groups is 1. The number of ketones is 1. The zero-order valence-corrected chi connectivity index (χ0v) is 13.3. The van der Waals surface area contributed by atoms with E-state index < -0.39 is 0 Å². The molecule has 3 heteroatoms. The molecule has 0 amide bonds. The molecule has 0 saturated heterocycles. The van der Waals surface area contributed by atoms with Crippen molar-refractivity contribution < 1.29 is 9.53 Å². The van der Waals surface area contributed by atoms with Crippen LogP contribution in [0.5, 0.6) is 5.75 Å². The Labute approximate surface area is 141 Å². The van der Waals surface area contributed by atoms with Crippen molar-refractivity contribution in [1.82, 2.24) is 0 Å². The summed E-state index contributed by atoms with van der Waals surface area (Å²) in [4.78, 5) is 17.7. The third kappa shape index (κ3) is 3.41. The zero-order chi connectivity index (χ0) is 16.8. The molecule has 0 aliphatic carbocycles. The molecule has 0 bridgehead atoms. The Morgan fingerprint density at radius 1 is 0.792 bits per heavy atom. The summed E-state index contributed by atoms with van der Waals surface area (Å²) in [6, 6.07) is 26.1. The second-order valence-electron chi connectivity index (χ2n) is 5.19. The predicted molar refractivity (Wildman–Crippen MR) is 96.4 cm³/mol. The topological polar surface area (TPSA) is 38.7 Å². The van der Waals surface area contributed by atoms with Crippen LogP contribution < -0.4 is 4.74 Å². The van der Waals surface area contributed by atoms with Gasteiger partial charge in [0, 0.05) is 5.56 Å². The zero-order valence-electron chi connectivity index (χ0n) is 13.3. The number of Topliss-reactive ketones (excluding diaryl/α,β-unsaturated/α-hetero) is 1. The van der Waals surface area contributed by atoms with Crippen molar-refractivity contribution in [2.45, 2.75) is 0 Å². The Morgan fingerprint density at radius 3 is 2.04 bits per heavy atom. The van der Waals surface area contributed by atoms with Crippen molar-refractivity contribution in [3.8, 4) is 5.75 Å². The van der Waals surface area contributed by atoms with Crippen molar-refractivity contribution in [3.63, 3.8) is 0 Å². The highest BCUT2D eigenvalue weighted by Gasteiger charge is 2.19. The minimum Gasteiger partial charge on any atom is -0.496 e. The fourth-order valence-corrected chi connectivity index (χ4v) is 2.43. The van der Waals surface area contributed by atoms with Crippen LogP contribution in [0.25, 0.3) is 0 Å². The van der Waals surface area contributed by atoms with Gasteiger partial charge in [-0.3, -0.25) is 4.79 Å². The van der Waals surface area contributed by atoms with Gasteiger partial charge < -0.3 is 4.74 Å². The molecule has 0 N–H and O–H groups in total. The number of rotatable bonds is 5. The third-order valence-corrected chi connectivity index (χ3v) is 3.61. The number of hydrogen-bond acceptors (Lipinski definition) is 3. The van der Waals surface area contributed by atoms with E-state index in [1.807, 2.05) is 72.8 Å². The molecule has 3 nitrogen and oxygen atoms in total. The first-order chi connectivity index (χ1) is 11.8. The molecular formula is C21H17NO2. The summed E-state index contributed by atoms with van der Waals surface area (Å²) in [6.45, 7) is 0. The van der Waals surface area contributed by atoms with Gasteiger partial charge >= 0.3 is 0 Å². The summed E-state index contributed by atoms with van der Waals surface area (Å²) in [5.41, 5.74) is 2.40. The molecule has 3 aromatic carbocycles. The van der Waals surface area contributed by atoms with Crippen molar-refractivity contribution in [1.29, 1.82) is 0 Å². The fourth-order valence-electron chi connectivity index (χ4n) is 2.43. The molecule has 0 spiro atoms. The largest absolute Gasteiger partial charge is 0.496 e. The first-order valence-electron chi connectivity index (χ1n) is 7.66. The van der Waals surface area contributed by atoms with Crippen molar-refractivity contribution in [2.75, 3.05) is 7.11 Å². The smallest absolute Gasteiger partial charge is 0.215 e. The van der Waals surface area contributed by atoms with E-state index in [-0.39, 0.29) is 5.78 Å². The van der Waals surface area contributed by atoms with Crippen LogP contribution in [0.1, 0.15) is 15.9 Å². The van der Waals surface area contributed by atoms with E-state index in [0.29, 0.717) is 17.0 Å². The number of para-hydroxylation sites is 2. The number of aliphatic imine (C=N–C) groups is 1. The Kier molecular flexibility index (Phi) is 4.82. The molecule has 3 rings (SSSR count). The van der Waals surface area contributed by atoms with E-state index in [9.17, 15) is 4.79 Å². The van der Waals surface area contributed by atoms with Gasteiger partial charge in [-0.15, -0.1) is 0 Å². The van der Waals surface area contributed by atoms with E-state index in [0.717, 1.165) is 11.3 Å². The standard InChI is InChI=1S/C21H17NO2/c1-24-19-15-9-8-14-18(19)21(23)20(16-10-4-2-5-11-16)22-17-12-6-3-7-13-17/h2-15H,1H3. The highest BCUT2D eigenvalue weighted by Crippen LogP contribution is 2.22. The maximum absolute atomic E-state index is 13.1. The average molecular weight is 315 g/mol. The molecule has 0 unspecified atom stereocenters. The van der Waals surface area contributed by atoms with E-state index in [2.05, 4.69) is 4.99 Å². The molecule has 3 aromatic rings. The van der Waals surface area contributed by atoms with Gasteiger partial charge in [-0.05, 0) is 24.3 Å². The van der Waals surface area contributed by atoms with Gasteiger partial charge in [-0.2, -0.15) is 0 Å². The summed E-state index contributed by atoms with van der Waals surface area (Å²) < 4.78 is 5.33. The molecule has 0 aliphatic heterocycles. The molecular weight excluding hydrogens is 298 g/mol. The predicted octanol–water partition coefficient (Wildman–Crippen LogP) is 4.70. The monoisotopic (exact) mass is 315 g/mol. The Balaban J connectivity index is 2.12. The summed E-state index contributed by atoms with van der Waals surface area (Å²) in [6.07, 6.45) is 0. The van der Waals surface area contributed by atoms with Crippen molar-refractivity contribution in [3.05, 3.63) is 96.1 Å². The van der Waals surface area contributed by atoms with Crippen molar-refractivity contribution in [2.24, 2.45) is 4.99 Å². The summed E-state index contributed by atoms with van der Waals surface area (Å²) >= 11 is 0. The molecule has 0 heterocycles. The number of ether oxygens (including phenoxy) is 1. The highest BCUT2D eigenvalue weighted by molar-refractivity contribution is 6.52. The number of carbonyl (C=O) groups excluding carboxylic acids is 1. The quantitative estimate of drug-likeness (QED) is 0.505. The SMILES string of the molecule is COc1ccccc1C(=O)C(=Nc1ccccc1)c1ccccc1. The molecule has 0 aliphatic rings. The van der Waals surface area contributed by atoms with Gasteiger partial charge in [0.1, 0.15) is 11.5 Å². The van der Waals surface area contributed by atoms with E-state index in [1.54, 1.807) is 19.2 Å². The van der Waals surface area contributed by atoms with Crippen LogP contribution in [-0.2, 0) is 0 Å². The van der Waals surface area contributed by atoms with Crippen LogP contribution in [0.3, 0.4) is 0 Å². The molecule has 0 atom stereocenters. The third-order valence-electron chi connectivity index (χ3n) is 3.61. The van der Waals surface area contributed by atoms with E-state index >= 15 is 0 Å². The van der Waals surface area contributed by atoms with Crippen LogP contribution in [-0.4, -0.2) is 18.6 Å². The number of nitrogens with zero attached hydrogens (tertiary/aromatic N) is 1. The number of methoxy groups -OCH3 is 1. The first-order valence-corrected chi connectivity index (χ1v) is 7.66. The normalized spacial score (nSPS) is 11.1. The van der Waals surface area contributed by atoms with Gasteiger partial charge in [0.2, 0.25) is 5.78 Å². The van der Waals surface area contributed by atoms with Crippen LogP contribution in [0.4, 0.5) is 5.69 Å².